The molecule has 2 rings (SSSR count). The summed E-state index contributed by atoms with van der Waals surface area (Å²) in [5, 5.41) is 1.60. The number of hydrogen-bond donors (Lipinski definition) is 0. The van der Waals surface area contributed by atoms with Crippen LogP contribution in [0, 0.1) is 6.07 Å². The lowest BCUT2D eigenvalue weighted by Gasteiger charge is -1.98. The van der Waals surface area contributed by atoms with E-state index in [0.717, 1.165) is 10.8 Å². The third kappa shape index (κ3) is 0.925. The largest absolute Gasteiger partial charge is 0.318 e. The second-order valence-corrected chi connectivity index (χ2v) is 2.73. The van der Waals surface area contributed by atoms with E-state index in [9.17, 15) is 4.79 Å². The van der Waals surface area contributed by atoms with Gasteiger partial charge in [0.05, 0.1) is 0 Å². The Kier molecular flexibility index (Phi) is 1.47. The molecule has 1 aromatic carbocycles. The Labute approximate surface area is 70.1 Å². The molecule has 0 spiro atoms. The third-order valence-electron chi connectivity index (χ3n) is 1.90. The minimum Gasteiger partial charge on any atom is -0.318 e. The molecule has 0 saturated carbocycles. The van der Waals surface area contributed by atoms with Crippen molar-refractivity contribution in [2.75, 3.05) is 0 Å². The fraction of sp³-hybridized carbons (Fsp3) is 0.100. The average molecular weight is 158 g/mol. The van der Waals surface area contributed by atoms with Crippen molar-refractivity contribution in [2.24, 2.45) is 7.05 Å². The first-order valence-electron chi connectivity index (χ1n) is 3.75. The zero-order chi connectivity index (χ0) is 8.55. The molecule has 0 fully saturated rings. The van der Waals surface area contributed by atoms with Gasteiger partial charge < -0.3 is 4.57 Å². The molecule has 1 aromatic heterocycles. The lowest BCUT2D eigenvalue weighted by molar-refractivity contribution is 0.873. The van der Waals surface area contributed by atoms with Crippen molar-refractivity contribution < 1.29 is 0 Å². The fourth-order valence-electron chi connectivity index (χ4n) is 1.22. The van der Waals surface area contributed by atoms with Crippen molar-refractivity contribution in [2.45, 2.75) is 0 Å². The summed E-state index contributed by atoms with van der Waals surface area (Å²) in [5.41, 5.74) is 0.0318. The Morgan fingerprint density at radius 1 is 1.42 bits per heavy atom. The molecule has 0 unspecified atom stereocenters. The average Bonchev–Trinajstić information content (AvgIpc) is 2.12. The number of fused-ring (bicyclic) bond motifs is 1. The standard InChI is InChI=1S/C10H8NO/c1-11-7-6-8-4-2-3-5-9(8)10(11)12/h2-3,5-7H,1H3. The second kappa shape index (κ2) is 2.48. The highest BCUT2D eigenvalue weighted by molar-refractivity contribution is 5.80. The monoisotopic (exact) mass is 158 g/mol. The van der Waals surface area contributed by atoms with E-state index in [1.807, 2.05) is 24.3 Å². The molecule has 0 amide bonds. The van der Waals surface area contributed by atoms with Crippen LogP contribution in [0.15, 0.2) is 35.3 Å². The lowest BCUT2D eigenvalue weighted by Crippen LogP contribution is -2.15. The molecule has 0 bridgehead atoms. The van der Waals surface area contributed by atoms with E-state index >= 15 is 0 Å². The number of benzene rings is 1. The molecular formula is C10H8NO. The van der Waals surface area contributed by atoms with E-state index in [1.54, 1.807) is 17.8 Å². The maximum atomic E-state index is 11.5. The Bertz CT molecular complexity index is 470. The normalized spacial score (nSPS) is 10.4. The highest BCUT2D eigenvalue weighted by Crippen LogP contribution is 2.06. The van der Waals surface area contributed by atoms with Crippen LogP contribution in [0.5, 0.6) is 0 Å². The molecule has 0 aliphatic carbocycles. The SMILES string of the molecule is Cn1ccc2[c]cccc2c1=O. The molecule has 0 N–H and O–H groups in total. The molecule has 1 heterocycles. The van der Waals surface area contributed by atoms with E-state index in [0.29, 0.717) is 0 Å². The molecular weight excluding hydrogens is 150 g/mol. The fourth-order valence-corrected chi connectivity index (χ4v) is 1.22. The van der Waals surface area contributed by atoms with Gasteiger partial charge in [0.15, 0.2) is 0 Å². The van der Waals surface area contributed by atoms with Gasteiger partial charge in [-0.05, 0) is 23.6 Å². The van der Waals surface area contributed by atoms with Crippen molar-refractivity contribution in [3.8, 4) is 0 Å². The summed E-state index contributed by atoms with van der Waals surface area (Å²) in [6.07, 6.45) is 1.75. The van der Waals surface area contributed by atoms with Gasteiger partial charge >= 0.3 is 0 Å². The van der Waals surface area contributed by atoms with Crippen LogP contribution in [-0.4, -0.2) is 4.57 Å². The molecule has 2 nitrogen and oxygen atoms in total. The van der Waals surface area contributed by atoms with Crippen LogP contribution in [0.3, 0.4) is 0 Å². The van der Waals surface area contributed by atoms with E-state index in [-0.39, 0.29) is 5.56 Å². The van der Waals surface area contributed by atoms with Crippen molar-refractivity contribution in [3.05, 3.63) is 46.9 Å². The van der Waals surface area contributed by atoms with Gasteiger partial charge in [-0.1, -0.05) is 12.1 Å². The summed E-state index contributed by atoms with van der Waals surface area (Å²) in [5.74, 6) is 0. The van der Waals surface area contributed by atoms with Crippen LogP contribution in [-0.2, 0) is 7.05 Å². The topological polar surface area (TPSA) is 22.0 Å². The highest BCUT2D eigenvalue weighted by Gasteiger charge is 1.96. The Balaban J connectivity index is 3.01. The van der Waals surface area contributed by atoms with Gasteiger partial charge in [-0.2, -0.15) is 0 Å². The predicted molar refractivity (Wildman–Crippen MR) is 48.0 cm³/mol. The zero-order valence-electron chi connectivity index (χ0n) is 6.74. The van der Waals surface area contributed by atoms with Crippen LogP contribution in [0.25, 0.3) is 10.8 Å². The number of rotatable bonds is 0. The number of aromatic nitrogens is 1. The summed E-state index contributed by atoms with van der Waals surface area (Å²) in [6, 6.07) is 10.3. The summed E-state index contributed by atoms with van der Waals surface area (Å²) in [6.45, 7) is 0. The number of hydrogen-bond acceptors (Lipinski definition) is 1. The second-order valence-electron chi connectivity index (χ2n) is 2.73. The minimum atomic E-state index is 0.0318. The molecule has 1 radical (unpaired) electrons. The van der Waals surface area contributed by atoms with Crippen LogP contribution < -0.4 is 5.56 Å². The summed E-state index contributed by atoms with van der Waals surface area (Å²) in [7, 11) is 1.74. The summed E-state index contributed by atoms with van der Waals surface area (Å²) < 4.78 is 1.57. The molecule has 0 atom stereocenters. The van der Waals surface area contributed by atoms with E-state index in [1.165, 1.54) is 0 Å². The molecule has 0 aliphatic rings. The Morgan fingerprint density at radius 3 is 3.08 bits per heavy atom. The first-order valence-corrected chi connectivity index (χ1v) is 3.75. The van der Waals surface area contributed by atoms with Gasteiger partial charge in [-0.15, -0.1) is 0 Å². The van der Waals surface area contributed by atoms with Gasteiger partial charge in [-0.3, -0.25) is 4.79 Å². The molecule has 2 heteroatoms. The maximum Gasteiger partial charge on any atom is 0.258 e. The smallest absolute Gasteiger partial charge is 0.258 e. The summed E-state index contributed by atoms with van der Waals surface area (Å²) >= 11 is 0. The Morgan fingerprint density at radius 2 is 2.25 bits per heavy atom. The third-order valence-corrected chi connectivity index (χ3v) is 1.90. The minimum absolute atomic E-state index is 0.0318. The number of nitrogens with zero attached hydrogens (tertiary/aromatic N) is 1. The van der Waals surface area contributed by atoms with E-state index < -0.39 is 0 Å². The molecule has 2 aromatic rings. The van der Waals surface area contributed by atoms with Crippen molar-refractivity contribution >= 4 is 10.8 Å². The quantitative estimate of drug-likeness (QED) is 0.567. The number of aryl methyl sites for hydroxylation is 1. The zero-order valence-corrected chi connectivity index (χ0v) is 6.74. The van der Waals surface area contributed by atoms with Gasteiger partial charge in [-0.25, -0.2) is 0 Å². The summed E-state index contributed by atoms with van der Waals surface area (Å²) in [4.78, 5) is 11.5. The van der Waals surface area contributed by atoms with Gasteiger partial charge in [0, 0.05) is 18.6 Å². The number of pyridine rings is 1. The molecule has 0 aliphatic heterocycles. The van der Waals surface area contributed by atoms with Crippen molar-refractivity contribution in [1.29, 1.82) is 0 Å². The van der Waals surface area contributed by atoms with Crippen LogP contribution in [0.1, 0.15) is 0 Å². The molecule has 12 heavy (non-hydrogen) atoms. The lowest BCUT2D eigenvalue weighted by atomic mass is 10.2. The van der Waals surface area contributed by atoms with Gasteiger partial charge in [0.1, 0.15) is 0 Å². The first-order chi connectivity index (χ1) is 5.79. The maximum absolute atomic E-state index is 11.5. The van der Waals surface area contributed by atoms with Gasteiger partial charge in [0.2, 0.25) is 0 Å². The van der Waals surface area contributed by atoms with Crippen LogP contribution >= 0.6 is 0 Å². The first kappa shape index (κ1) is 7.10. The Hall–Kier alpha value is -1.57. The van der Waals surface area contributed by atoms with Gasteiger partial charge in [0.25, 0.3) is 5.56 Å². The van der Waals surface area contributed by atoms with Crippen LogP contribution in [0.2, 0.25) is 0 Å². The predicted octanol–water partition coefficient (Wildman–Crippen LogP) is 1.34. The highest BCUT2D eigenvalue weighted by atomic mass is 16.1. The van der Waals surface area contributed by atoms with Crippen molar-refractivity contribution in [3.63, 3.8) is 0 Å². The molecule has 0 saturated heterocycles. The van der Waals surface area contributed by atoms with Crippen molar-refractivity contribution in [1.82, 2.24) is 4.57 Å². The van der Waals surface area contributed by atoms with Crippen LogP contribution in [0.4, 0.5) is 0 Å². The van der Waals surface area contributed by atoms with E-state index in [4.69, 9.17) is 0 Å². The van der Waals surface area contributed by atoms with E-state index in [2.05, 4.69) is 6.07 Å². The molecule has 59 valence electrons.